The first-order valence-corrected chi connectivity index (χ1v) is 12.4. The number of para-hydroxylation sites is 2. The molecule has 6 aromatic carbocycles. The van der Waals surface area contributed by atoms with E-state index in [2.05, 4.69) is 120 Å². The highest BCUT2D eigenvalue weighted by molar-refractivity contribution is 7.27. The normalized spacial score (nSPS) is 12.1. The van der Waals surface area contributed by atoms with Crippen LogP contribution in [0.5, 0.6) is 0 Å². The zero-order valence-electron chi connectivity index (χ0n) is 18.3. The van der Waals surface area contributed by atoms with Crippen LogP contribution < -0.4 is 0 Å². The molecule has 0 fully saturated rings. The molecule has 0 atom stereocenters. The Bertz CT molecular complexity index is 2060. The van der Waals surface area contributed by atoms with Crippen molar-refractivity contribution in [3.05, 3.63) is 115 Å². The predicted molar refractivity (Wildman–Crippen MR) is 149 cm³/mol. The largest absolute Gasteiger partial charge is 0.308 e. The summed E-state index contributed by atoms with van der Waals surface area (Å²) in [5.74, 6) is 0. The van der Waals surface area contributed by atoms with E-state index in [0.29, 0.717) is 0 Å². The Morgan fingerprint density at radius 1 is 0.471 bits per heavy atom. The Morgan fingerprint density at radius 3 is 1.94 bits per heavy atom. The summed E-state index contributed by atoms with van der Waals surface area (Å²) >= 11 is 1.92. The summed E-state index contributed by atoms with van der Waals surface area (Å²) in [4.78, 5) is 0. The number of benzene rings is 6. The predicted octanol–water partition coefficient (Wildman–Crippen LogP) is 9.46. The van der Waals surface area contributed by atoms with Gasteiger partial charge in [-0.2, -0.15) is 0 Å². The molecule has 0 aliphatic carbocycles. The summed E-state index contributed by atoms with van der Waals surface area (Å²) in [7, 11) is 0. The zero-order chi connectivity index (χ0) is 22.2. The minimum absolute atomic E-state index is 1.20. The number of thiophene rings is 1. The third-order valence-electron chi connectivity index (χ3n) is 7.15. The van der Waals surface area contributed by atoms with Gasteiger partial charge in [0.25, 0.3) is 0 Å². The summed E-state index contributed by atoms with van der Waals surface area (Å²) < 4.78 is 5.17. The van der Waals surface area contributed by atoms with Crippen LogP contribution in [-0.2, 0) is 0 Å². The molecule has 0 unspecified atom stereocenters. The lowest BCUT2D eigenvalue weighted by atomic mass is 9.96. The molecule has 0 saturated carbocycles. The van der Waals surface area contributed by atoms with Gasteiger partial charge >= 0.3 is 0 Å². The summed E-state index contributed by atoms with van der Waals surface area (Å²) in [5, 5.41) is 10.7. The lowest BCUT2D eigenvalue weighted by molar-refractivity contribution is 1.19. The van der Waals surface area contributed by atoms with Crippen molar-refractivity contribution in [3.63, 3.8) is 0 Å². The van der Waals surface area contributed by atoms with E-state index < -0.39 is 0 Å². The first-order valence-electron chi connectivity index (χ1n) is 11.6. The first kappa shape index (κ1) is 18.3. The Kier molecular flexibility index (Phi) is 3.60. The summed E-state index contributed by atoms with van der Waals surface area (Å²) in [6.07, 6.45) is 0. The van der Waals surface area contributed by atoms with Crippen LogP contribution in [0.1, 0.15) is 0 Å². The van der Waals surface area contributed by atoms with E-state index in [1.165, 1.54) is 69.2 Å². The van der Waals surface area contributed by atoms with Gasteiger partial charge in [0, 0.05) is 31.9 Å². The number of aromatic nitrogens is 1. The fourth-order valence-electron chi connectivity index (χ4n) is 5.78. The quantitative estimate of drug-likeness (QED) is 0.235. The summed E-state index contributed by atoms with van der Waals surface area (Å²) in [5.41, 5.74) is 3.77. The van der Waals surface area contributed by atoms with Crippen LogP contribution in [0.4, 0.5) is 0 Å². The molecule has 0 bridgehead atoms. The lowest BCUT2D eigenvalue weighted by Gasteiger charge is -2.10. The SMILES string of the molecule is c1ccc(-n2c3ccccc3c3c4ccccc4c4c(sc5ccc6ccccc6c54)c32)cc1. The molecule has 0 aliphatic heterocycles. The van der Waals surface area contributed by atoms with Crippen molar-refractivity contribution in [3.8, 4) is 5.69 Å². The van der Waals surface area contributed by atoms with Crippen molar-refractivity contribution in [1.82, 2.24) is 4.57 Å². The van der Waals surface area contributed by atoms with E-state index >= 15 is 0 Å². The second-order valence-corrected chi connectivity index (χ2v) is 9.98. The van der Waals surface area contributed by atoms with E-state index in [9.17, 15) is 0 Å². The number of hydrogen-bond donors (Lipinski definition) is 0. The fraction of sp³-hybridized carbons (Fsp3) is 0. The molecule has 158 valence electrons. The van der Waals surface area contributed by atoms with Crippen LogP contribution in [0.15, 0.2) is 115 Å². The number of rotatable bonds is 1. The molecule has 0 saturated heterocycles. The zero-order valence-corrected chi connectivity index (χ0v) is 19.1. The van der Waals surface area contributed by atoms with Gasteiger partial charge in [-0.05, 0) is 45.8 Å². The molecular weight excluding hydrogens is 430 g/mol. The molecule has 0 N–H and O–H groups in total. The van der Waals surface area contributed by atoms with Gasteiger partial charge in [-0.3, -0.25) is 0 Å². The van der Waals surface area contributed by atoms with Crippen molar-refractivity contribution in [2.24, 2.45) is 0 Å². The van der Waals surface area contributed by atoms with Gasteiger partial charge in [0.1, 0.15) is 0 Å². The van der Waals surface area contributed by atoms with E-state index in [4.69, 9.17) is 0 Å². The van der Waals surface area contributed by atoms with Gasteiger partial charge in [-0.15, -0.1) is 11.3 Å². The van der Waals surface area contributed by atoms with Gasteiger partial charge in [-0.25, -0.2) is 0 Å². The fourth-order valence-corrected chi connectivity index (χ4v) is 7.06. The molecule has 8 rings (SSSR count). The monoisotopic (exact) mass is 449 g/mol. The molecule has 2 heteroatoms. The van der Waals surface area contributed by atoms with E-state index in [-0.39, 0.29) is 0 Å². The minimum atomic E-state index is 1.20. The summed E-state index contributed by atoms with van der Waals surface area (Å²) in [6.45, 7) is 0. The van der Waals surface area contributed by atoms with Crippen molar-refractivity contribution in [2.45, 2.75) is 0 Å². The van der Waals surface area contributed by atoms with Crippen LogP contribution >= 0.6 is 11.3 Å². The third-order valence-corrected chi connectivity index (χ3v) is 8.31. The Labute approximate surface area is 200 Å². The van der Waals surface area contributed by atoms with Crippen LogP contribution in [0.25, 0.3) is 69.2 Å². The number of fused-ring (bicyclic) bond motifs is 12. The molecule has 8 aromatic rings. The van der Waals surface area contributed by atoms with E-state index in [0.717, 1.165) is 0 Å². The summed E-state index contributed by atoms with van der Waals surface area (Å²) in [6, 6.07) is 41.9. The standard InChI is InChI=1S/C32H19NS/c1-2-11-21(12-3-1)33-26-17-9-8-16-25(26)28-23-14-6-7-15-24(23)30-29-22-13-5-4-10-20(22)18-19-27(29)34-32(30)31(28)33/h1-19H. The molecule has 0 aliphatic rings. The highest BCUT2D eigenvalue weighted by atomic mass is 32.1. The van der Waals surface area contributed by atoms with E-state index in [1.807, 2.05) is 11.3 Å². The Morgan fingerprint density at radius 2 is 1.12 bits per heavy atom. The highest BCUT2D eigenvalue weighted by Crippen LogP contribution is 2.49. The lowest BCUT2D eigenvalue weighted by Crippen LogP contribution is -1.93. The van der Waals surface area contributed by atoms with Crippen LogP contribution in [0.3, 0.4) is 0 Å². The Balaban J connectivity index is 1.76. The molecule has 2 aromatic heterocycles. The van der Waals surface area contributed by atoms with Crippen LogP contribution in [-0.4, -0.2) is 4.57 Å². The second kappa shape index (κ2) is 6.69. The van der Waals surface area contributed by atoms with Crippen LogP contribution in [0, 0.1) is 0 Å². The van der Waals surface area contributed by atoms with Gasteiger partial charge in [0.05, 0.1) is 15.7 Å². The average molecular weight is 450 g/mol. The topological polar surface area (TPSA) is 4.93 Å². The molecule has 0 radical (unpaired) electrons. The van der Waals surface area contributed by atoms with Crippen molar-refractivity contribution in [2.75, 3.05) is 0 Å². The minimum Gasteiger partial charge on any atom is -0.308 e. The average Bonchev–Trinajstić information content (AvgIpc) is 3.46. The maximum atomic E-state index is 2.47. The smallest absolute Gasteiger partial charge is 0.0726 e. The van der Waals surface area contributed by atoms with Gasteiger partial charge in [0.15, 0.2) is 0 Å². The Hall–Kier alpha value is -4.14. The van der Waals surface area contributed by atoms with Gasteiger partial charge < -0.3 is 4.57 Å². The number of hydrogen-bond acceptors (Lipinski definition) is 1. The molecule has 0 spiro atoms. The van der Waals surface area contributed by atoms with Crippen LogP contribution in [0.2, 0.25) is 0 Å². The van der Waals surface area contributed by atoms with Crippen molar-refractivity contribution in [1.29, 1.82) is 0 Å². The van der Waals surface area contributed by atoms with E-state index in [1.54, 1.807) is 0 Å². The highest BCUT2D eigenvalue weighted by Gasteiger charge is 2.22. The molecule has 2 heterocycles. The van der Waals surface area contributed by atoms with Gasteiger partial charge in [0.2, 0.25) is 0 Å². The maximum Gasteiger partial charge on any atom is 0.0726 e. The van der Waals surface area contributed by atoms with Crippen molar-refractivity contribution >= 4 is 74.9 Å². The van der Waals surface area contributed by atoms with Crippen molar-refractivity contribution < 1.29 is 0 Å². The second-order valence-electron chi connectivity index (χ2n) is 8.92. The molecule has 1 nitrogen and oxygen atoms in total. The molecule has 34 heavy (non-hydrogen) atoms. The number of nitrogens with zero attached hydrogens (tertiary/aromatic N) is 1. The third kappa shape index (κ3) is 2.28. The molecule has 0 amide bonds. The maximum absolute atomic E-state index is 2.47. The van der Waals surface area contributed by atoms with Gasteiger partial charge in [-0.1, -0.05) is 91.0 Å². The first-order chi connectivity index (χ1) is 16.9. The molecular formula is C32H19NS.